The fourth-order valence-corrected chi connectivity index (χ4v) is 7.11. The highest BCUT2D eigenvalue weighted by Crippen LogP contribution is 2.32. The third-order valence-corrected chi connectivity index (χ3v) is 9.78. The fraction of sp³-hybridized carbons (Fsp3) is 0.105. The van der Waals surface area contributed by atoms with E-state index < -0.39 is 12.0 Å². The Morgan fingerprint density at radius 1 is 0.958 bits per heavy atom. The van der Waals surface area contributed by atoms with Crippen molar-refractivity contribution in [1.82, 2.24) is 14.3 Å². The van der Waals surface area contributed by atoms with E-state index in [0.29, 0.717) is 37.4 Å². The summed E-state index contributed by atoms with van der Waals surface area (Å²) in [6, 6.07) is 32.3. The summed E-state index contributed by atoms with van der Waals surface area (Å²) in [5.41, 5.74) is 4.94. The number of esters is 1. The molecule has 1 unspecified atom stereocenters. The topological polar surface area (TPSA) is 78.5 Å². The molecule has 0 bridgehead atoms. The van der Waals surface area contributed by atoms with Gasteiger partial charge in [0.05, 0.1) is 27.5 Å². The first kappa shape index (κ1) is 31.3. The molecule has 0 radical (unpaired) electrons. The Morgan fingerprint density at radius 2 is 1.65 bits per heavy atom. The van der Waals surface area contributed by atoms with E-state index in [1.165, 1.54) is 23.5 Å². The van der Waals surface area contributed by atoms with Crippen molar-refractivity contribution < 1.29 is 13.9 Å². The molecule has 0 N–H and O–H groups in total. The van der Waals surface area contributed by atoms with Crippen LogP contribution in [-0.4, -0.2) is 26.6 Å². The van der Waals surface area contributed by atoms with Crippen LogP contribution in [0, 0.1) is 5.82 Å². The van der Waals surface area contributed by atoms with Crippen LogP contribution in [0.5, 0.6) is 0 Å². The SMILES string of the molecule is CSc1ccc(C2C(C(=O)OCc3ccccc3)=C(C)N=c3sc(=Cc4cn(-c5ccccc5)nc4-c4ccc(F)cc4)c(=O)n32)cc1. The Morgan fingerprint density at radius 3 is 2.33 bits per heavy atom. The summed E-state index contributed by atoms with van der Waals surface area (Å²) in [5, 5.41) is 4.82. The number of nitrogens with zero attached hydrogens (tertiary/aromatic N) is 4. The second-order valence-electron chi connectivity index (χ2n) is 11.1. The molecule has 0 spiro atoms. The molecular weight excluding hydrogens is 644 g/mol. The zero-order valence-electron chi connectivity index (χ0n) is 26.0. The van der Waals surface area contributed by atoms with Gasteiger partial charge in [-0.05, 0) is 78.9 Å². The normalized spacial score (nSPS) is 14.5. The van der Waals surface area contributed by atoms with Gasteiger partial charge in [0.1, 0.15) is 18.1 Å². The second-order valence-corrected chi connectivity index (χ2v) is 13.0. The van der Waals surface area contributed by atoms with E-state index in [2.05, 4.69) is 0 Å². The minimum atomic E-state index is -0.744. The lowest BCUT2D eigenvalue weighted by molar-refractivity contribution is -0.140. The maximum absolute atomic E-state index is 14.4. The summed E-state index contributed by atoms with van der Waals surface area (Å²) in [7, 11) is 0. The number of rotatable bonds is 8. The molecule has 0 saturated carbocycles. The molecule has 238 valence electrons. The Bertz CT molecular complexity index is 2330. The summed E-state index contributed by atoms with van der Waals surface area (Å²) in [5.74, 6) is -0.883. The predicted molar refractivity (Wildman–Crippen MR) is 187 cm³/mol. The molecule has 0 fully saturated rings. The van der Waals surface area contributed by atoms with Crippen LogP contribution in [0.1, 0.15) is 29.7 Å². The lowest BCUT2D eigenvalue weighted by Gasteiger charge is -2.25. The van der Waals surface area contributed by atoms with Crippen molar-refractivity contribution in [3.05, 3.63) is 169 Å². The van der Waals surface area contributed by atoms with Gasteiger partial charge in [-0.3, -0.25) is 9.36 Å². The first-order valence-corrected chi connectivity index (χ1v) is 17.2. The van der Waals surface area contributed by atoms with Crippen molar-refractivity contribution in [3.63, 3.8) is 0 Å². The molecule has 1 aliphatic rings. The van der Waals surface area contributed by atoms with Crippen LogP contribution in [0.3, 0.4) is 0 Å². The van der Waals surface area contributed by atoms with Gasteiger partial charge >= 0.3 is 5.97 Å². The van der Waals surface area contributed by atoms with Crippen LogP contribution in [0.2, 0.25) is 0 Å². The number of hydrogen-bond donors (Lipinski definition) is 0. The maximum Gasteiger partial charge on any atom is 0.338 e. The monoisotopic (exact) mass is 672 g/mol. The standard InChI is InChI=1S/C38H29FN4O3S2/c1-24-33(37(45)46-23-25-9-5-3-6-10-25)35(27-15-19-31(47-2)20-16-27)43-36(44)32(48-38(43)40-24)21-28-22-42(30-11-7-4-8-12-30)41-34(28)26-13-17-29(39)18-14-26/h3-22,35H,23H2,1-2H3. The van der Waals surface area contributed by atoms with Crippen molar-refractivity contribution in [3.8, 4) is 16.9 Å². The number of halogens is 1. The summed E-state index contributed by atoms with van der Waals surface area (Å²) >= 11 is 2.85. The van der Waals surface area contributed by atoms with Gasteiger partial charge in [0.15, 0.2) is 4.80 Å². The van der Waals surface area contributed by atoms with E-state index in [1.54, 1.807) is 46.1 Å². The van der Waals surface area contributed by atoms with E-state index in [1.807, 2.05) is 97.4 Å². The van der Waals surface area contributed by atoms with E-state index in [0.717, 1.165) is 21.7 Å². The number of hydrogen-bond acceptors (Lipinski definition) is 7. The molecule has 0 saturated heterocycles. The number of fused-ring (bicyclic) bond motifs is 1. The summed E-state index contributed by atoms with van der Waals surface area (Å²) in [6.45, 7) is 1.87. The number of thiazole rings is 1. The van der Waals surface area contributed by atoms with Gasteiger partial charge in [0.2, 0.25) is 0 Å². The van der Waals surface area contributed by atoms with Crippen LogP contribution < -0.4 is 14.9 Å². The van der Waals surface area contributed by atoms with Crippen LogP contribution in [0.4, 0.5) is 4.39 Å². The highest BCUT2D eigenvalue weighted by molar-refractivity contribution is 7.98. The number of ether oxygens (including phenoxy) is 1. The van der Waals surface area contributed by atoms with Gasteiger partial charge < -0.3 is 4.74 Å². The minimum absolute atomic E-state index is 0.0938. The third kappa shape index (κ3) is 6.20. The van der Waals surface area contributed by atoms with Gasteiger partial charge in [0.25, 0.3) is 5.56 Å². The Balaban J connectivity index is 1.36. The van der Waals surface area contributed by atoms with E-state index in [-0.39, 0.29) is 18.0 Å². The van der Waals surface area contributed by atoms with Crippen molar-refractivity contribution in [2.24, 2.45) is 4.99 Å². The molecule has 0 aliphatic carbocycles. The second kappa shape index (κ2) is 13.4. The Hall–Kier alpha value is -5.32. The van der Waals surface area contributed by atoms with Crippen LogP contribution in [0.25, 0.3) is 23.0 Å². The largest absolute Gasteiger partial charge is 0.457 e. The molecule has 7 rings (SSSR count). The quantitative estimate of drug-likeness (QED) is 0.133. The molecular formula is C38H29FN4O3S2. The Labute approximate surface area is 284 Å². The molecule has 48 heavy (non-hydrogen) atoms. The van der Waals surface area contributed by atoms with Crippen molar-refractivity contribution in [1.29, 1.82) is 0 Å². The van der Waals surface area contributed by atoms with E-state index in [4.69, 9.17) is 14.8 Å². The third-order valence-electron chi connectivity index (χ3n) is 8.05. The lowest BCUT2D eigenvalue weighted by atomic mass is 9.96. The average Bonchev–Trinajstić information content (AvgIpc) is 3.68. The number of carbonyl (C=O) groups is 1. The molecule has 2 aromatic heterocycles. The Kier molecular flexibility index (Phi) is 8.75. The number of thioether (sulfide) groups is 1. The molecule has 4 aromatic carbocycles. The first-order valence-electron chi connectivity index (χ1n) is 15.2. The van der Waals surface area contributed by atoms with Gasteiger partial charge in [-0.1, -0.05) is 72.0 Å². The van der Waals surface area contributed by atoms with Gasteiger partial charge in [0, 0.05) is 22.2 Å². The van der Waals surface area contributed by atoms with Crippen LogP contribution in [0.15, 0.2) is 141 Å². The van der Waals surface area contributed by atoms with Gasteiger partial charge in [-0.25, -0.2) is 18.9 Å². The maximum atomic E-state index is 14.4. The van der Waals surface area contributed by atoms with Crippen molar-refractivity contribution in [2.75, 3.05) is 6.26 Å². The zero-order chi connectivity index (χ0) is 33.2. The summed E-state index contributed by atoms with van der Waals surface area (Å²) < 4.78 is 23.4. The minimum Gasteiger partial charge on any atom is -0.457 e. The molecule has 3 heterocycles. The van der Waals surface area contributed by atoms with Crippen molar-refractivity contribution in [2.45, 2.75) is 24.5 Å². The van der Waals surface area contributed by atoms with E-state index in [9.17, 15) is 14.0 Å². The fourth-order valence-electron chi connectivity index (χ4n) is 5.66. The van der Waals surface area contributed by atoms with Crippen LogP contribution in [-0.2, 0) is 16.1 Å². The number of aromatic nitrogens is 3. The van der Waals surface area contributed by atoms with Gasteiger partial charge in [-0.2, -0.15) is 5.10 Å². The average molecular weight is 673 g/mol. The highest BCUT2D eigenvalue weighted by Gasteiger charge is 2.33. The van der Waals surface area contributed by atoms with Crippen LogP contribution >= 0.6 is 23.1 Å². The van der Waals surface area contributed by atoms with Crippen molar-refractivity contribution >= 4 is 35.1 Å². The molecule has 7 nitrogen and oxygen atoms in total. The number of para-hydroxylation sites is 1. The predicted octanol–water partition coefficient (Wildman–Crippen LogP) is 6.69. The lowest BCUT2D eigenvalue weighted by Crippen LogP contribution is -2.39. The van der Waals surface area contributed by atoms with E-state index >= 15 is 0 Å². The summed E-state index contributed by atoms with van der Waals surface area (Å²) in [6.07, 6.45) is 5.63. The number of benzene rings is 4. The summed E-state index contributed by atoms with van der Waals surface area (Å²) in [4.78, 5) is 34.4. The number of carbonyl (C=O) groups excluding carboxylic acids is 1. The highest BCUT2D eigenvalue weighted by atomic mass is 32.2. The molecule has 1 atom stereocenters. The molecule has 0 amide bonds. The number of allylic oxidation sites excluding steroid dienone is 1. The zero-order valence-corrected chi connectivity index (χ0v) is 27.7. The first-order chi connectivity index (χ1) is 23.4. The molecule has 6 aromatic rings. The molecule has 10 heteroatoms. The molecule has 1 aliphatic heterocycles. The van der Waals surface area contributed by atoms with Gasteiger partial charge in [-0.15, -0.1) is 11.8 Å². The smallest absolute Gasteiger partial charge is 0.338 e.